The van der Waals surface area contributed by atoms with Gasteiger partial charge in [-0.1, -0.05) is 49.7 Å². The fourth-order valence-corrected chi connectivity index (χ4v) is 1.95. The number of nitrogen functional groups attached to an aromatic ring is 1. The minimum atomic E-state index is -0.350. The molecule has 103 valence electrons. The summed E-state index contributed by atoms with van der Waals surface area (Å²) in [5.41, 5.74) is 8.63. The number of carbonyl (C=O) groups is 1. The van der Waals surface area contributed by atoms with E-state index in [1.165, 1.54) is 0 Å². The molecular formula is C17H18NO2. The molecule has 0 fully saturated rings. The molecule has 3 heteroatoms. The smallest absolute Gasteiger partial charge is 0.339 e. The number of ether oxygens (including phenoxy) is 1. The van der Waals surface area contributed by atoms with Crippen molar-refractivity contribution in [2.75, 3.05) is 12.3 Å². The van der Waals surface area contributed by atoms with Crippen LogP contribution in [0.15, 0.2) is 42.5 Å². The summed E-state index contributed by atoms with van der Waals surface area (Å²) in [6.45, 7) is 2.49. The van der Waals surface area contributed by atoms with Crippen molar-refractivity contribution in [3.8, 4) is 11.1 Å². The molecule has 0 bridgehead atoms. The van der Waals surface area contributed by atoms with Crippen LogP contribution in [-0.4, -0.2) is 12.6 Å². The molecule has 1 radical (unpaired) electrons. The maximum atomic E-state index is 12.1. The number of anilines is 1. The van der Waals surface area contributed by atoms with Crippen LogP contribution in [0.1, 0.15) is 30.1 Å². The molecule has 0 unspecified atom stereocenters. The Bertz CT molecular complexity index is 593. The van der Waals surface area contributed by atoms with Crippen LogP contribution in [0.3, 0.4) is 0 Å². The second kappa shape index (κ2) is 6.75. The van der Waals surface area contributed by atoms with Gasteiger partial charge in [0.15, 0.2) is 0 Å². The van der Waals surface area contributed by atoms with Crippen LogP contribution >= 0.6 is 0 Å². The lowest BCUT2D eigenvalue weighted by Gasteiger charge is -2.11. The van der Waals surface area contributed by atoms with Crippen molar-refractivity contribution >= 4 is 11.7 Å². The molecule has 2 aromatic carbocycles. The van der Waals surface area contributed by atoms with Gasteiger partial charge < -0.3 is 10.5 Å². The van der Waals surface area contributed by atoms with Crippen molar-refractivity contribution in [3.63, 3.8) is 0 Å². The quantitative estimate of drug-likeness (QED) is 0.511. The van der Waals surface area contributed by atoms with Crippen LogP contribution < -0.4 is 5.73 Å². The summed E-state index contributed by atoms with van der Waals surface area (Å²) in [7, 11) is 0. The van der Waals surface area contributed by atoms with Crippen molar-refractivity contribution in [2.45, 2.75) is 19.8 Å². The number of unbranched alkanes of at least 4 members (excludes halogenated alkanes) is 1. The van der Waals surface area contributed by atoms with E-state index in [0.717, 1.165) is 24.0 Å². The molecule has 0 spiro atoms. The molecule has 0 saturated heterocycles. The lowest BCUT2D eigenvalue weighted by molar-refractivity contribution is 0.0500. The zero-order chi connectivity index (χ0) is 14.4. The summed E-state index contributed by atoms with van der Waals surface area (Å²) in [6, 6.07) is 15.8. The highest BCUT2D eigenvalue weighted by atomic mass is 16.5. The number of benzene rings is 2. The fraction of sp³-hybridized carbons (Fsp3) is 0.235. The van der Waals surface area contributed by atoms with Gasteiger partial charge in [0.2, 0.25) is 0 Å². The van der Waals surface area contributed by atoms with E-state index in [1.54, 1.807) is 6.07 Å². The molecule has 0 aliphatic rings. The number of esters is 1. The molecule has 0 amide bonds. The molecule has 0 saturated carbocycles. The summed E-state index contributed by atoms with van der Waals surface area (Å²) in [5.74, 6) is -0.350. The Hall–Kier alpha value is -2.29. The summed E-state index contributed by atoms with van der Waals surface area (Å²) in [6.07, 6.45) is 1.85. The van der Waals surface area contributed by atoms with Crippen LogP contribution in [0, 0.1) is 6.07 Å². The van der Waals surface area contributed by atoms with Crippen LogP contribution in [0.2, 0.25) is 0 Å². The molecule has 0 aliphatic carbocycles. The minimum absolute atomic E-state index is 0.350. The van der Waals surface area contributed by atoms with Gasteiger partial charge in [0.25, 0.3) is 0 Å². The normalized spacial score (nSPS) is 10.2. The summed E-state index contributed by atoms with van der Waals surface area (Å²) < 4.78 is 5.26. The van der Waals surface area contributed by atoms with Crippen LogP contribution in [0.5, 0.6) is 0 Å². The zero-order valence-corrected chi connectivity index (χ0v) is 11.6. The average Bonchev–Trinajstić information content (AvgIpc) is 2.48. The van der Waals surface area contributed by atoms with Gasteiger partial charge in [-0.15, -0.1) is 0 Å². The SMILES string of the molecule is CCCCOC(=O)c1[c]cccc1-c1ccccc1N. The standard InChI is InChI=1S/C17H18NO2/c1-2-3-12-20-17(19)15-10-5-4-8-13(15)14-9-6-7-11-16(14)18/h4-9,11H,2-3,12,18H2,1H3. The van der Waals surface area contributed by atoms with Crippen LogP contribution in [-0.2, 0) is 4.74 Å². The first-order chi connectivity index (χ1) is 9.74. The first kappa shape index (κ1) is 14.1. The Morgan fingerprint density at radius 1 is 1.20 bits per heavy atom. The third kappa shape index (κ3) is 3.18. The van der Waals surface area contributed by atoms with Gasteiger partial charge in [-0.25, -0.2) is 4.79 Å². The van der Waals surface area contributed by atoms with Gasteiger partial charge in [0, 0.05) is 11.3 Å². The maximum Gasteiger partial charge on any atom is 0.339 e. The van der Waals surface area contributed by atoms with Crippen molar-refractivity contribution in [2.24, 2.45) is 0 Å². The predicted molar refractivity (Wildman–Crippen MR) is 80.3 cm³/mol. The van der Waals surface area contributed by atoms with E-state index in [2.05, 4.69) is 13.0 Å². The lowest BCUT2D eigenvalue weighted by Crippen LogP contribution is -2.08. The number of nitrogens with two attached hydrogens (primary N) is 1. The largest absolute Gasteiger partial charge is 0.462 e. The highest BCUT2D eigenvalue weighted by Crippen LogP contribution is 2.28. The molecule has 3 nitrogen and oxygen atoms in total. The number of para-hydroxylation sites is 1. The third-order valence-corrected chi connectivity index (χ3v) is 3.04. The van der Waals surface area contributed by atoms with Crippen molar-refractivity contribution < 1.29 is 9.53 Å². The molecule has 0 atom stereocenters. The van der Waals surface area contributed by atoms with Crippen molar-refractivity contribution in [1.29, 1.82) is 0 Å². The first-order valence-electron chi connectivity index (χ1n) is 6.76. The third-order valence-electron chi connectivity index (χ3n) is 3.04. The maximum absolute atomic E-state index is 12.1. The Morgan fingerprint density at radius 2 is 1.95 bits per heavy atom. The Kier molecular flexibility index (Phi) is 4.77. The van der Waals surface area contributed by atoms with Gasteiger partial charge in [-0.05, 0) is 24.1 Å². The fourth-order valence-electron chi connectivity index (χ4n) is 1.95. The number of rotatable bonds is 5. The van der Waals surface area contributed by atoms with E-state index in [4.69, 9.17) is 10.5 Å². The summed E-state index contributed by atoms with van der Waals surface area (Å²) in [4.78, 5) is 12.1. The lowest BCUT2D eigenvalue weighted by atomic mass is 9.98. The molecule has 2 aromatic rings. The van der Waals surface area contributed by atoms with Gasteiger partial charge in [0.1, 0.15) is 0 Å². The minimum Gasteiger partial charge on any atom is -0.462 e. The molecular weight excluding hydrogens is 250 g/mol. The monoisotopic (exact) mass is 268 g/mol. The second-order valence-corrected chi connectivity index (χ2v) is 4.54. The zero-order valence-electron chi connectivity index (χ0n) is 11.6. The van der Waals surface area contributed by atoms with Crippen LogP contribution in [0.4, 0.5) is 5.69 Å². The molecule has 20 heavy (non-hydrogen) atoms. The number of hydrogen-bond acceptors (Lipinski definition) is 3. The van der Waals surface area contributed by atoms with E-state index in [1.807, 2.05) is 36.4 Å². The van der Waals surface area contributed by atoms with E-state index in [0.29, 0.717) is 17.9 Å². The van der Waals surface area contributed by atoms with E-state index in [-0.39, 0.29) is 5.97 Å². The first-order valence-corrected chi connectivity index (χ1v) is 6.76. The van der Waals surface area contributed by atoms with Crippen LogP contribution in [0.25, 0.3) is 11.1 Å². The van der Waals surface area contributed by atoms with E-state index in [9.17, 15) is 4.79 Å². The summed E-state index contributed by atoms with van der Waals surface area (Å²) >= 11 is 0. The highest BCUT2D eigenvalue weighted by Gasteiger charge is 2.15. The van der Waals surface area contributed by atoms with E-state index >= 15 is 0 Å². The van der Waals surface area contributed by atoms with Crippen molar-refractivity contribution in [3.05, 3.63) is 54.1 Å². The molecule has 2 rings (SSSR count). The second-order valence-electron chi connectivity index (χ2n) is 4.54. The predicted octanol–water partition coefficient (Wildman–Crippen LogP) is 3.69. The summed E-state index contributed by atoms with van der Waals surface area (Å²) in [5, 5.41) is 0. The van der Waals surface area contributed by atoms with Crippen molar-refractivity contribution in [1.82, 2.24) is 0 Å². The van der Waals surface area contributed by atoms with Gasteiger partial charge in [-0.2, -0.15) is 0 Å². The number of hydrogen-bond donors (Lipinski definition) is 1. The molecule has 0 aromatic heterocycles. The molecule has 2 N–H and O–H groups in total. The Balaban J connectivity index is 2.31. The Morgan fingerprint density at radius 3 is 2.70 bits per heavy atom. The van der Waals surface area contributed by atoms with Gasteiger partial charge in [0.05, 0.1) is 12.2 Å². The molecule has 0 heterocycles. The number of carbonyl (C=O) groups excluding carboxylic acids is 1. The van der Waals surface area contributed by atoms with Gasteiger partial charge >= 0.3 is 5.97 Å². The van der Waals surface area contributed by atoms with Gasteiger partial charge in [-0.3, -0.25) is 0 Å². The topological polar surface area (TPSA) is 52.3 Å². The van der Waals surface area contributed by atoms with E-state index < -0.39 is 0 Å². The Labute approximate surface area is 119 Å². The molecule has 0 aliphatic heterocycles. The highest BCUT2D eigenvalue weighted by molar-refractivity contribution is 5.98. The average molecular weight is 268 g/mol.